The monoisotopic (exact) mass is 277 g/mol. The van der Waals surface area contributed by atoms with Crippen molar-refractivity contribution in [3.05, 3.63) is 71.4 Å². The van der Waals surface area contributed by atoms with Crippen LogP contribution in [0.25, 0.3) is 5.57 Å². The molecule has 0 spiro atoms. The summed E-state index contributed by atoms with van der Waals surface area (Å²) < 4.78 is 0. The molecule has 0 saturated carbocycles. The van der Waals surface area contributed by atoms with E-state index in [1.165, 1.54) is 22.3 Å². The number of fused-ring (bicyclic) bond motifs is 1. The highest BCUT2D eigenvalue weighted by molar-refractivity contribution is 5.84. The van der Waals surface area contributed by atoms with Gasteiger partial charge in [-0.15, -0.1) is 0 Å². The maximum atomic E-state index is 6.18. The van der Waals surface area contributed by atoms with Crippen LogP contribution in [0.4, 0.5) is 5.69 Å². The maximum Gasteiger partial charge on any atom is 0.0393 e. The number of nitrogen functional groups attached to an aromatic ring is 1. The third kappa shape index (κ3) is 2.49. The minimum absolute atomic E-state index is 0.491. The van der Waals surface area contributed by atoms with Crippen molar-refractivity contribution in [2.24, 2.45) is 11.8 Å². The van der Waals surface area contributed by atoms with E-state index >= 15 is 0 Å². The molecule has 0 heterocycles. The zero-order valence-corrected chi connectivity index (χ0v) is 12.8. The Morgan fingerprint density at radius 2 is 1.81 bits per heavy atom. The Hall–Kier alpha value is -2.02. The van der Waals surface area contributed by atoms with Crippen molar-refractivity contribution in [3.63, 3.8) is 0 Å². The molecule has 1 nitrogen and oxygen atoms in total. The molecule has 0 aliphatic heterocycles. The molecule has 2 unspecified atom stereocenters. The number of hydrogen-bond donors (Lipinski definition) is 1. The molecule has 0 aromatic heterocycles. The Kier molecular flexibility index (Phi) is 3.83. The van der Waals surface area contributed by atoms with Gasteiger partial charge >= 0.3 is 0 Å². The van der Waals surface area contributed by atoms with Gasteiger partial charge in [-0.25, -0.2) is 0 Å². The van der Waals surface area contributed by atoms with E-state index in [4.69, 9.17) is 5.73 Å². The molecule has 2 aliphatic carbocycles. The van der Waals surface area contributed by atoms with E-state index in [-0.39, 0.29) is 0 Å². The van der Waals surface area contributed by atoms with Crippen molar-refractivity contribution in [1.29, 1.82) is 0 Å². The molecular weight excluding hydrogens is 254 g/mol. The first-order valence-electron chi connectivity index (χ1n) is 7.89. The van der Waals surface area contributed by atoms with Crippen LogP contribution in [0.3, 0.4) is 0 Å². The number of rotatable bonds is 3. The van der Waals surface area contributed by atoms with E-state index in [2.05, 4.69) is 56.4 Å². The average molecular weight is 277 g/mol. The summed E-state index contributed by atoms with van der Waals surface area (Å²) in [5.41, 5.74) is 12.5. The van der Waals surface area contributed by atoms with Gasteiger partial charge in [-0.3, -0.25) is 0 Å². The minimum atomic E-state index is 0.491. The smallest absolute Gasteiger partial charge is 0.0393 e. The van der Waals surface area contributed by atoms with Gasteiger partial charge in [0, 0.05) is 23.1 Å². The van der Waals surface area contributed by atoms with Crippen molar-refractivity contribution < 1.29 is 0 Å². The molecule has 3 rings (SSSR count). The third-order valence-corrected chi connectivity index (χ3v) is 4.61. The Balaban J connectivity index is 2.05. The molecular formula is C20H23N. The Bertz CT molecular complexity index is 658. The standard InChI is InChI=1S/C20H23N/c1-3-14-9-11-17-15(13-14)10-12-18(16(17)4-2)19-7-5-6-8-20(19)21/h5-13,15,17H,3-4,21H2,1-2H3. The second kappa shape index (κ2) is 5.77. The highest BCUT2D eigenvalue weighted by atomic mass is 14.6. The van der Waals surface area contributed by atoms with Gasteiger partial charge in [-0.05, 0) is 24.5 Å². The van der Waals surface area contributed by atoms with Gasteiger partial charge < -0.3 is 5.73 Å². The third-order valence-electron chi connectivity index (χ3n) is 4.61. The lowest BCUT2D eigenvalue weighted by molar-refractivity contribution is 0.602. The lowest BCUT2D eigenvalue weighted by atomic mass is 9.73. The predicted molar refractivity (Wildman–Crippen MR) is 91.7 cm³/mol. The maximum absolute atomic E-state index is 6.18. The van der Waals surface area contributed by atoms with E-state index in [1.54, 1.807) is 0 Å². The molecule has 0 radical (unpaired) electrons. The Labute approximate surface area is 127 Å². The van der Waals surface area contributed by atoms with Crippen LogP contribution in [0.1, 0.15) is 32.3 Å². The fraction of sp³-hybridized carbons (Fsp3) is 0.300. The molecule has 108 valence electrons. The van der Waals surface area contributed by atoms with Gasteiger partial charge in [0.25, 0.3) is 0 Å². The predicted octanol–water partition coefficient (Wildman–Crippen LogP) is 5.14. The second-order valence-corrected chi connectivity index (χ2v) is 5.80. The first kappa shape index (κ1) is 13.9. The number of allylic oxidation sites excluding steroid dienone is 8. The van der Waals surface area contributed by atoms with Crippen molar-refractivity contribution in [1.82, 2.24) is 0 Å². The van der Waals surface area contributed by atoms with Crippen LogP contribution < -0.4 is 5.73 Å². The van der Waals surface area contributed by atoms with E-state index in [0.717, 1.165) is 18.5 Å². The first-order valence-corrected chi connectivity index (χ1v) is 7.89. The van der Waals surface area contributed by atoms with Gasteiger partial charge in [0.1, 0.15) is 0 Å². The van der Waals surface area contributed by atoms with Crippen LogP contribution in [-0.4, -0.2) is 0 Å². The second-order valence-electron chi connectivity index (χ2n) is 5.80. The van der Waals surface area contributed by atoms with Crippen LogP contribution in [0.2, 0.25) is 0 Å². The zero-order chi connectivity index (χ0) is 14.8. The first-order chi connectivity index (χ1) is 10.2. The summed E-state index contributed by atoms with van der Waals surface area (Å²) in [6.07, 6.45) is 13.9. The molecule has 0 fully saturated rings. The fourth-order valence-electron chi connectivity index (χ4n) is 3.45. The van der Waals surface area contributed by atoms with E-state index in [0.29, 0.717) is 11.8 Å². The lowest BCUT2D eigenvalue weighted by Gasteiger charge is -2.31. The SMILES string of the molecule is CCC1=CC2C=CC(c3ccccc3N)=C(CC)C2C=C1. The van der Waals surface area contributed by atoms with Gasteiger partial charge in [0.2, 0.25) is 0 Å². The summed E-state index contributed by atoms with van der Waals surface area (Å²) in [4.78, 5) is 0. The number of benzene rings is 1. The average Bonchev–Trinajstić information content (AvgIpc) is 2.53. The summed E-state index contributed by atoms with van der Waals surface area (Å²) >= 11 is 0. The number of nitrogens with two attached hydrogens (primary N) is 1. The summed E-state index contributed by atoms with van der Waals surface area (Å²) in [6.45, 7) is 4.47. The summed E-state index contributed by atoms with van der Waals surface area (Å²) in [5, 5.41) is 0. The molecule has 1 aromatic rings. The fourth-order valence-corrected chi connectivity index (χ4v) is 3.45. The summed E-state index contributed by atoms with van der Waals surface area (Å²) in [5.74, 6) is 0.999. The minimum Gasteiger partial charge on any atom is -0.398 e. The Morgan fingerprint density at radius 3 is 2.52 bits per heavy atom. The van der Waals surface area contributed by atoms with E-state index in [1.807, 2.05) is 12.1 Å². The number of anilines is 1. The van der Waals surface area contributed by atoms with Crippen LogP contribution >= 0.6 is 0 Å². The molecule has 1 aromatic carbocycles. The summed E-state index contributed by atoms with van der Waals surface area (Å²) in [6, 6.07) is 8.18. The highest BCUT2D eigenvalue weighted by Gasteiger charge is 2.27. The number of para-hydroxylation sites is 1. The largest absolute Gasteiger partial charge is 0.398 e. The van der Waals surface area contributed by atoms with Crippen molar-refractivity contribution in [3.8, 4) is 0 Å². The molecule has 0 bridgehead atoms. The summed E-state index contributed by atoms with van der Waals surface area (Å²) in [7, 11) is 0. The molecule has 0 saturated heterocycles. The quantitative estimate of drug-likeness (QED) is 0.760. The van der Waals surface area contributed by atoms with E-state index in [9.17, 15) is 0 Å². The molecule has 2 atom stereocenters. The molecule has 1 heteroatoms. The highest BCUT2D eigenvalue weighted by Crippen LogP contribution is 2.41. The normalized spacial score (nSPS) is 24.0. The van der Waals surface area contributed by atoms with Crippen molar-refractivity contribution in [2.45, 2.75) is 26.7 Å². The van der Waals surface area contributed by atoms with E-state index < -0.39 is 0 Å². The van der Waals surface area contributed by atoms with Crippen LogP contribution in [0, 0.1) is 11.8 Å². The molecule has 0 amide bonds. The van der Waals surface area contributed by atoms with Crippen LogP contribution in [0.15, 0.2) is 65.8 Å². The molecule has 2 N–H and O–H groups in total. The van der Waals surface area contributed by atoms with Crippen molar-refractivity contribution in [2.75, 3.05) is 5.73 Å². The van der Waals surface area contributed by atoms with Gasteiger partial charge in [-0.2, -0.15) is 0 Å². The topological polar surface area (TPSA) is 26.0 Å². The van der Waals surface area contributed by atoms with Gasteiger partial charge in [0.15, 0.2) is 0 Å². The molecule has 2 aliphatic rings. The lowest BCUT2D eigenvalue weighted by Crippen LogP contribution is -2.18. The Morgan fingerprint density at radius 1 is 1.00 bits per heavy atom. The van der Waals surface area contributed by atoms with Gasteiger partial charge in [0.05, 0.1) is 0 Å². The van der Waals surface area contributed by atoms with Gasteiger partial charge in [-0.1, -0.05) is 73.6 Å². The zero-order valence-electron chi connectivity index (χ0n) is 12.8. The van der Waals surface area contributed by atoms with Crippen LogP contribution in [0.5, 0.6) is 0 Å². The number of hydrogen-bond acceptors (Lipinski definition) is 1. The van der Waals surface area contributed by atoms with Crippen LogP contribution in [-0.2, 0) is 0 Å². The molecule has 21 heavy (non-hydrogen) atoms. The van der Waals surface area contributed by atoms with Crippen molar-refractivity contribution >= 4 is 11.3 Å².